The van der Waals surface area contributed by atoms with E-state index in [1.165, 1.54) is 17.0 Å². The van der Waals surface area contributed by atoms with Crippen molar-refractivity contribution in [2.24, 2.45) is 5.73 Å². The van der Waals surface area contributed by atoms with Crippen molar-refractivity contribution < 1.29 is 13.9 Å². The van der Waals surface area contributed by atoms with Crippen LogP contribution in [0.15, 0.2) is 18.2 Å². The molecular formula is C12H12FN5O2S. The van der Waals surface area contributed by atoms with Crippen molar-refractivity contribution in [2.45, 2.75) is 6.10 Å². The molecule has 1 aromatic carbocycles. The van der Waals surface area contributed by atoms with Gasteiger partial charge in [-0.15, -0.1) is 10.2 Å². The van der Waals surface area contributed by atoms with E-state index in [0.29, 0.717) is 17.2 Å². The summed E-state index contributed by atoms with van der Waals surface area (Å²) in [5.74, 6) is -0.507. The molecule has 3 rings (SSSR count). The fourth-order valence-corrected chi connectivity index (χ4v) is 2.68. The maximum Gasteiger partial charge on any atom is 0.414 e. The number of cyclic esters (lactones) is 1. The quantitative estimate of drug-likeness (QED) is 0.882. The highest BCUT2D eigenvalue weighted by molar-refractivity contribution is 7.18. The maximum atomic E-state index is 14.2. The van der Waals surface area contributed by atoms with Gasteiger partial charge in [-0.2, -0.15) is 0 Å². The summed E-state index contributed by atoms with van der Waals surface area (Å²) >= 11 is 1.09. The summed E-state index contributed by atoms with van der Waals surface area (Å²) in [6.45, 7) is 0.534. The molecule has 1 aliphatic heterocycles. The fraction of sp³-hybridized carbons (Fsp3) is 0.250. The molecule has 0 radical (unpaired) electrons. The van der Waals surface area contributed by atoms with Gasteiger partial charge in [-0.05, 0) is 18.2 Å². The smallest absolute Gasteiger partial charge is 0.414 e. The third-order valence-corrected chi connectivity index (χ3v) is 3.86. The predicted octanol–water partition coefficient (Wildman–Crippen LogP) is 1.21. The van der Waals surface area contributed by atoms with Gasteiger partial charge >= 0.3 is 6.09 Å². The van der Waals surface area contributed by atoms with E-state index >= 15 is 0 Å². The van der Waals surface area contributed by atoms with E-state index in [-0.39, 0.29) is 23.3 Å². The van der Waals surface area contributed by atoms with Gasteiger partial charge < -0.3 is 16.2 Å². The normalized spacial score (nSPS) is 18.1. The second-order valence-electron chi connectivity index (χ2n) is 4.46. The zero-order valence-corrected chi connectivity index (χ0v) is 11.6. The zero-order chi connectivity index (χ0) is 15.0. The molecule has 1 amide bonds. The SMILES string of the molecule is NC[C@H]1CN(c2ccc(-c3nnc(N)s3)c(F)c2)C(=O)O1. The minimum atomic E-state index is -0.530. The van der Waals surface area contributed by atoms with E-state index in [2.05, 4.69) is 10.2 Å². The third-order valence-electron chi connectivity index (χ3n) is 3.07. The molecule has 1 atom stereocenters. The predicted molar refractivity (Wildman–Crippen MR) is 76.4 cm³/mol. The lowest BCUT2D eigenvalue weighted by molar-refractivity contribution is 0.145. The molecule has 21 heavy (non-hydrogen) atoms. The van der Waals surface area contributed by atoms with Crippen molar-refractivity contribution in [3.05, 3.63) is 24.0 Å². The van der Waals surface area contributed by atoms with Crippen molar-refractivity contribution in [2.75, 3.05) is 23.7 Å². The Bertz CT molecular complexity index is 692. The number of benzene rings is 1. The number of carbonyl (C=O) groups excluding carboxylic acids is 1. The highest BCUT2D eigenvalue weighted by Crippen LogP contribution is 2.31. The molecule has 1 fully saturated rings. The van der Waals surface area contributed by atoms with E-state index in [1.54, 1.807) is 6.07 Å². The summed E-state index contributed by atoms with van der Waals surface area (Å²) < 4.78 is 19.2. The lowest BCUT2D eigenvalue weighted by Crippen LogP contribution is -2.27. The Labute approximate surface area is 123 Å². The number of halogens is 1. The van der Waals surface area contributed by atoms with Gasteiger partial charge in [0.2, 0.25) is 5.13 Å². The van der Waals surface area contributed by atoms with Crippen LogP contribution in [0.4, 0.5) is 20.0 Å². The second kappa shape index (κ2) is 5.26. The Hall–Kier alpha value is -2.26. The molecule has 0 spiro atoms. The summed E-state index contributed by atoms with van der Waals surface area (Å²) in [5.41, 5.74) is 11.7. The molecule has 1 aromatic heterocycles. The average Bonchev–Trinajstić information content (AvgIpc) is 3.04. The van der Waals surface area contributed by atoms with Gasteiger partial charge in [0, 0.05) is 12.1 Å². The number of hydrogen-bond donors (Lipinski definition) is 2. The van der Waals surface area contributed by atoms with Gasteiger partial charge in [-0.1, -0.05) is 11.3 Å². The Morgan fingerprint density at radius 1 is 1.48 bits per heavy atom. The molecule has 4 N–H and O–H groups in total. The first-order valence-corrected chi connectivity index (χ1v) is 6.97. The number of nitrogen functional groups attached to an aromatic ring is 1. The van der Waals surface area contributed by atoms with Crippen LogP contribution in [0.2, 0.25) is 0 Å². The molecule has 9 heteroatoms. The molecule has 110 valence electrons. The van der Waals surface area contributed by atoms with E-state index in [9.17, 15) is 9.18 Å². The number of carbonyl (C=O) groups is 1. The van der Waals surface area contributed by atoms with Crippen LogP contribution in [0.5, 0.6) is 0 Å². The second-order valence-corrected chi connectivity index (χ2v) is 5.47. The minimum absolute atomic E-state index is 0.229. The molecule has 7 nitrogen and oxygen atoms in total. The first-order chi connectivity index (χ1) is 10.1. The fourth-order valence-electron chi connectivity index (χ4n) is 2.04. The van der Waals surface area contributed by atoms with E-state index in [4.69, 9.17) is 16.2 Å². The molecule has 0 unspecified atom stereocenters. The number of nitrogens with two attached hydrogens (primary N) is 2. The Morgan fingerprint density at radius 3 is 2.86 bits per heavy atom. The van der Waals surface area contributed by atoms with Crippen LogP contribution in [0.25, 0.3) is 10.6 Å². The van der Waals surface area contributed by atoms with E-state index in [0.717, 1.165) is 11.3 Å². The Balaban J connectivity index is 1.90. The molecule has 0 bridgehead atoms. The molecule has 0 aliphatic carbocycles. The molecule has 1 aliphatic rings. The summed E-state index contributed by atoms with van der Waals surface area (Å²) in [7, 11) is 0. The molecule has 2 heterocycles. The third kappa shape index (κ3) is 2.52. The van der Waals surface area contributed by atoms with Gasteiger partial charge in [0.25, 0.3) is 0 Å². The first-order valence-electron chi connectivity index (χ1n) is 6.15. The van der Waals surface area contributed by atoms with Crippen molar-refractivity contribution in [1.82, 2.24) is 10.2 Å². The molecular weight excluding hydrogens is 297 g/mol. The summed E-state index contributed by atoms with van der Waals surface area (Å²) in [6.07, 6.45) is -0.902. The van der Waals surface area contributed by atoms with Crippen molar-refractivity contribution in [3.63, 3.8) is 0 Å². The van der Waals surface area contributed by atoms with Crippen LogP contribution in [0.1, 0.15) is 0 Å². The lowest BCUT2D eigenvalue weighted by Gasteiger charge is -2.13. The monoisotopic (exact) mass is 309 g/mol. The number of nitrogens with zero attached hydrogens (tertiary/aromatic N) is 3. The van der Waals surface area contributed by atoms with Gasteiger partial charge in [-0.25, -0.2) is 9.18 Å². The molecule has 0 saturated carbocycles. The first kappa shape index (κ1) is 13.7. The van der Waals surface area contributed by atoms with Crippen molar-refractivity contribution in [3.8, 4) is 10.6 Å². The zero-order valence-electron chi connectivity index (χ0n) is 10.8. The molecule has 1 saturated heterocycles. The van der Waals surface area contributed by atoms with Crippen molar-refractivity contribution in [1.29, 1.82) is 0 Å². The highest BCUT2D eigenvalue weighted by atomic mass is 32.1. The summed E-state index contributed by atoms with van der Waals surface area (Å²) in [5, 5.41) is 8.10. The number of anilines is 2. The van der Waals surface area contributed by atoms with Crippen LogP contribution in [-0.2, 0) is 4.74 Å². The Morgan fingerprint density at radius 2 is 2.29 bits per heavy atom. The largest absolute Gasteiger partial charge is 0.443 e. The number of aromatic nitrogens is 2. The maximum absolute atomic E-state index is 14.2. The van der Waals surface area contributed by atoms with Crippen LogP contribution >= 0.6 is 11.3 Å². The Kier molecular flexibility index (Phi) is 3.43. The number of amides is 1. The van der Waals surface area contributed by atoms with Crippen LogP contribution in [0, 0.1) is 5.82 Å². The lowest BCUT2D eigenvalue weighted by atomic mass is 10.2. The number of rotatable bonds is 3. The standard InChI is InChI=1S/C12H12FN5O2S/c13-9-3-6(18-5-7(4-14)20-12(18)19)1-2-8(9)10-16-17-11(15)21-10/h1-3,7H,4-5,14H2,(H2,15,17)/t7-/m0/s1. The summed E-state index contributed by atoms with van der Waals surface area (Å²) in [4.78, 5) is 13.0. The number of hydrogen-bond acceptors (Lipinski definition) is 7. The minimum Gasteiger partial charge on any atom is -0.443 e. The number of ether oxygens (including phenoxy) is 1. The topological polar surface area (TPSA) is 107 Å². The van der Waals surface area contributed by atoms with Gasteiger partial charge in [0.05, 0.1) is 12.2 Å². The van der Waals surface area contributed by atoms with Gasteiger partial charge in [0.1, 0.15) is 11.9 Å². The van der Waals surface area contributed by atoms with Crippen molar-refractivity contribution >= 4 is 28.2 Å². The van der Waals surface area contributed by atoms with Gasteiger partial charge in [-0.3, -0.25) is 4.90 Å². The van der Waals surface area contributed by atoms with E-state index < -0.39 is 11.9 Å². The highest BCUT2D eigenvalue weighted by Gasteiger charge is 2.31. The van der Waals surface area contributed by atoms with Crippen LogP contribution < -0.4 is 16.4 Å². The summed E-state index contributed by atoms with van der Waals surface area (Å²) in [6, 6.07) is 4.41. The van der Waals surface area contributed by atoms with Gasteiger partial charge in [0.15, 0.2) is 5.01 Å². The van der Waals surface area contributed by atoms with Crippen LogP contribution in [0.3, 0.4) is 0 Å². The average molecular weight is 309 g/mol. The van der Waals surface area contributed by atoms with Crippen LogP contribution in [-0.4, -0.2) is 35.5 Å². The van der Waals surface area contributed by atoms with E-state index in [1.807, 2.05) is 0 Å². The molecule has 2 aromatic rings.